The van der Waals surface area contributed by atoms with Crippen molar-refractivity contribution in [2.75, 3.05) is 20.2 Å². The van der Waals surface area contributed by atoms with Crippen LogP contribution < -0.4 is 10.1 Å². The molecule has 0 amide bonds. The molecule has 2 heterocycles. The molecule has 1 aliphatic heterocycles. The van der Waals surface area contributed by atoms with Gasteiger partial charge in [-0.15, -0.1) is 0 Å². The molecule has 0 aliphatic carbocycles. The molecule has 20 heavy (non-hydrogen) atoms. The summed E-state index contributed by atoms with van der Waals surface area (Å²) in [5.41, 5.74) is 2.44. The van der Waals surface area contributed by atoms with E-state index in [1.54, 1.807) is 7.11 Å². The van der Waals surface area contributed by atoms with Crippen molar-refractivity contribution >= 4 is 11.0 Å². The summed E-state index contributed by atoms with van der Waals surface area (Å²) < 4.78 is 7.69. The summed E-state index contributed by atoms with van der Waals surface area (Å²) in [6, 6.07) is 6.18. The predicted octanol–water partition coefficient (Wildman–Crippen LogP) is 2.71. The predicted molar refractivity (Wildman–Crippen MR) is 81.4 cm³/mol. The van der Waals surface area contributed by atoms with Gasteiger partial charge in [-0.25, -0.2) is 4.98 Å². The van der Waals surface area contributed by atoms with Crippen molar-refractivity contribution in [3.63, 3.8) is 0 Å². The number of rotatable bonds is 4. The van der Waals surface area contributed by atoms with E-state index < -0.39 is 0 Å². The molecule has 0 saturated carbocycles. The minimum Gasteiger partial charge on any atom is -0.497 e. The van der Waals surface area contributed by atoms with Gasteiger partial charge in [0.15, 0.2) is 0 Å². The van der Waals surface area contributed by atoms with Crippen molar-refractivity contribution in [1.82, 2.24) is 14.9 Å². The van der Waals surface area contributed by atoms with Crippen molar-refractivity contribution in [1.29, 1.82) is 0 Å². The highest BCUT2D eigenvalue weighted by Crippen LogP contribution is 2.36. The quantitative estimate of drug-likeness (QED) is 0.931. The maximum absolute atomic E-state index is 5.32. The summed E-state index contributed by atoms with van der Waals surface area (Å²) in [5, 5.41) is 3.50. The molecule has 1 fully saturated rings. The standard InChI is InChI=1S/C16H23N3O/c1-4-16(8-9-17-11-16)15-18-13-10-12(20-3)6-7-14(13)19(15)5-2/h6-7,10,17H,4-5,8-9,11H2,1-3H3. The number of benzene rings is 1. The summed E-state index contributed by atoms with van der Waals surface area (Å²) in [7, 11) is 1.70. The van der Waals surface area contributed by atoms with Crippen molar-refractivity contribution < 1.29 is 4.74 Å². The van der Waals surface area contributed by atoms with Crippen LogP contribution in [-0.2, 0) is 12.0 Å². The average molecular weight is 273 g/mol. The van der Waals surface area contributed by atoms with Crippen molar-refractivity contribution in [2.24, 2.45) is 0 Å². The van der Waals surface area contributed by atoms with Crippen molar-refractivity contribution in [2.45, 2.75) is 38.6 Å². The fourth-order valence-corrected chi connectivity index (χ4v) is 3.36. The summed E-state index contributed by atoms with van der Waals surface area (Å²) in [4.78, 5) is 4.96. The number of methoxy groups -OCH3 is 1. The number of hydrogen-bond donors (Lipinski definition) is 1. The lowest BCUT2D eigenvalue weighted by molar-refractivity contribution is 0.408. The SMILES string of the molecule is CCn1c(C2(CC)CCNC2)nc2cc(OC)ccc21. The van der Waals surface area contributed by atoms with Crippen LogP contribution in [0.4, 0.5) is 0 Å². The maximum atomic E-state index is 5.32. The Labute approximate surface area is 120 Å². The number of hydrogen-bond acceptors (Lipinski definition) is 3. The summed E-state index contributed by atoms with van der Waals surface area (Å²) in [6.45, 7) is 7.54. The van der Waals surface area contributed by atoms with Crippen molar-refractivity contribution in [3.8, 4) is 5.75 Å². The van der Waals surface area contributed by atoms with E-state index in [0.717, 1.165) is 37.3 Å². The average Bonchev–Trinajstić information content (AvgIpc) is 3.11. The molecule has 1 N–H and O–H groups in total. The topological polar surface area (TPSA) is 39.1 Å². The minimum atomic E-state index is 0.183. The van der Waals surface area contributed by atoms with E-state index in [1.807, 2.05) is 12.1 Å². The van der Waals surface area contributed by atoms with Crippen LogP contribution in [0.5, 0.6) is 5.75 Å². The van der Waals surface area contributed by atoms with E-state index in [1.165, 1.54) is 17.8 Å². The van der Waals surface area contributed by atoms with Crippen LogP contribution in [0.1, 0.15) is 32.5 Å². The smallest absolute Gasteiger partial charge is 0.121 e. The molecule has 1 atom stereocenters. The summed E-state index contributed by atoms with van der Waals surface area (Å²) >= 11 is 0. The number of fused-ring (bicyclic) bond motifs is 1. The Morgan fingerprint density at radius 2 is 2.25 bits per heavy atom. The molecule has 0 spiro atoms. The molecule has 0 radical (unpaired) electrons. The molecular formula is C16H23N3O. The lowest BCUT2D eigenvalue weighted by atomic mass is 9.83. The third-order valence-corrected chi connectivity index (χ3v) is 4.67. The van der Waals surface area contributed by atoms with Gasteiger partial charge in [0.25, 0.3) is 0 Å². The number of imidazole rings is 1. The van der Waals surface area contributed by atoms with Crippen LogP contribution in [0.25, 0.3) is 11.0 Å². The van der Waals surface area contributed by atoms with Gasteiger partial charge >= 0.3 is 0 Å². The van der Waals surface area contributed by atoms with Gasteiger partial charge < -0.3 is 14.6 Å². The highest BCUT2D eigenvalue weighted by Gasteiger charge is 2.38. The molecule has 1 aliphatic rings. The van der Waals surface area contributed by atoms with E-state index >= 15 is 0 Å². The molecule has 2 aromatic rings. The number of nitrogens with one attached hydrogen (secondary N) is 1. The summed E-state index contributed by atoms with van der Waals surface area (Å²) in [5.74, 6) is 2.11. The Morgan fingerprint density at radius 3 is 2.85 bits per heavy atom. The Hall–Kier alpha value is -1.55. The van der Waals surface area contributed by atoms with Gasteiger partial charge in [0.2, 0.25) is 0 Å². The van der Waals surface area contributed by atoms with Gasteiger partial charge in [0, 0.05) is 24.6 Å². The maximum Gasteiger partial charge on any atom is 0.121 e. The zero-order valence-electron chi connectivity index (χ0n) is 12.6. The Balaban J connectivity index is 2.19. The zero-order chi connectivity index (χ0) is 14.2. The number of aromatic nitrogens is 2. The normalized spacial score (nSPS) is 22.6. The van der Waals surface area contributed by atoms with Crippen LogP contribution in [0.2, 0.25) is 0 Å². The van der Waals surface area contributed by atoms with Gasteiger partial charge in [0.1, 0.15) is 11.6 Å². The Kier molecular flexibility index (Phi) is 3.42. The van der Waals surface area contributed by atoms with Crippen molar-refractivity contribution in [3.05, 3.63) is 24.0 Å². The molecule has 4 nitrogen and oxygen atoms in total. The van der Waals surface area contributed by atoms with E-state index in [4.69, 9.17) is 9.72 Å². The lowest BCUT2D eigenvalue weighted by Crippen LogP contribution is -2.31. The molecule has 1 aromatic heterocycles. The van der Waals surface area contributed by atoms with Gasteiger partial charge in [-0.1, -0.05) is 6.92 Å². The fourth-order valence-electron chi connectivity index (χ4n) is 3.36. The molecule has 1 unspecified atom stereocenters. The largest absolute Gasteiger partial charge is 0.497 e. The second-order valence-electron chi connectivity index (χ2n) is 5.59. The van der Waals surface area contributed by atoms with E-state index in [-0.39, 0.29) is 5.41 Å². The molecule has 0 bridgehead atoms. The molecule has 4 heteroatoms. The fraction of sp³-hybridized carbons (Fsp3) is 0.562. The first kappa shape index (κ1) is 13.4. The molecule has 3 rings (SSSR count). The van der Waals surface area contributed by atoms with Crippen LogP contribution in [-0.4, -0.2) is 29.8 Å². The van der Waals surface area contributed by atoms with Gasteiger partial charge in [0.05, 0.1) is 18.1 Å². The van der Waals surface area contributed by atoms with E-state index in [0.29, 0.717) is 0 Å². The Bertz CT molecular complexity index is 611. The number of nitrogens with zero attached hydrogens (tertiary/aromatic N) is 2. The first-order chi connectivity index (χ1) is 9.74. The first-order valence-corrected chi connectivity index (χ1v) is 7.49. The van der Waals surface area contributed by atoms with Gasteiger partial charge in [-0.3, -0.25) is 0 Å². The van der Waals surface area contributed by atoms with E-state index in [2.05, 4.69) is 29.8 Å². The summed E-state index contributed by atoms with van der Waals surface area (Å²) in [6.07, 6.45) is 2.30. The molecule has 1 saturated heterocycles. The lowest BCUT2D eigenvalue weighted by Gasteiger charge is -2.26. The number of aryl methyl sites for hydroxylation is 1. The monoisotopic (exact) mass is 273 g/mol. The second-order valence-corrected chi connectivity index (χ2v) is 5.59. The molecule has 1 aromatic carbocycles. The third kappa shape index (κ3) is 1.90. The second kappa shape index (κ2) is 5.09. The Morgan fingerprint density at radius 1 is 1.40 bits per heavy atom. The zero-order valence-corrected chi connectivity index (χ0v) is 12.6. The van der Waals surface area contributed by atoms with Crippen LogP contribution in [0.3, 0.4) is 0 Å². The minimum absolute atomic E-state index is 0.183. The van der Waals surface area contributed by atoms with Crippen LogP contribution in [0, 0.1) is 0 Å². The molecular weight excluding hydrogens is 250 g/mol. The van der Waals surface area contributed by atoms with Gasteiger partial charge in [-0.2, -0.15) is 0 Å². The van der Waals surface area contributed by atoms with Crippen LogP contribution in [0.15, 0.2) is 18.2 Å². The van der Waals surface area contributed by atoms with E-state index in [9.17, 15) is 0 Å². The highest BCUT2D eigenvalue weighted by molar-refractivity contribution is 5.78. The highest BCUT2D eigenvalue weighted by atomic mass is 16.5. The molecule has 108 valence electrons. The third-order valence-electron chi connectivity index (χ3n) is 4.67. The van der Waals surface area contributed by atoms with Gasteiger partial charge in [-0.05, 0) is 38.4 Å². The first-order valence-electron chi connectivity index (χ1n) is 7.49. The number of ether oxygens (including phenoxy) is 1. The van der Waals surface area contributed by atoms with Crippen LogP contribution >= 0.6 is 0 Å².